The van der Waals surface area contributed by atoms with E-state index in [1.165, 1.54) is 0 Å². The van der Waals surface area contributed by atoms with Gasteiger partial charge in [-0.25, -0.2) is 0 Å². The first-order valence-electron chi connectivity index (χ1n) is 9.06. The molecule has 2 amide bonds. The summed E-state index contributed by atoms with van der Waals surface area (Å²) < 4.78 is 0.186. The van der Waals surface area contributed by atoms with Crippen LogP contribution in [0, 0.1) is 10.8 Å². The van der Waals surface area contributed by atoms with E-state index in [1.807, 2.05) is 13.8 Å². The van der Waals surface area contributed by atoms with E-state index in [2.05, 4.69) is 57.6 Å². The number of carbonyl (C=O) groups is 2. The van der Waals surface area contributed by atoms with Crippen molar-refractivity contribution in [1.29, 1.82) is 5.41 Å². The molecule has 1 aromatic heterocycles. The molecule has 0 atom stereocenters. The maximum atomic E-state index is 12.3. The molecular weight excluding hydrogens is 422 g/mol. The molecule has 0 radical (unpaired) electrons. The highest BCUT2D eigenvalue weighted by atomic mass is 79.9. The van der Waals surface area contributed by atoms with Gasteiger partial charge in [-0.2, -0.15) is 0 Å². The van der Waals surface area contributed by atoms with Gasteiger partial charge in [0.15, 0.2) is 0 Å². The number of rotatable bonds is 9. The smallest absolute Gasteiger partial charge is 0.260 e. The predicted molar refractivity (Wildman–Crippen MR) is 115 cm³/mol. The fraction of sp³-hybridized carbons (Fsp3) is 0.500. The number of hydrogen-bond donors (Lipinski definition) is 4. The first-order valence-corrected chi connectivity index (χ1v) is 9.85. The molecule has 0 aliphatic carbocycles. The number of carbonyl (C=O) groups excluding carboxylic acids is 2. The van der Waals surface area contributed by atoms with Crippen molar-refractivity contribution in [2.45, 2.75) is 53.1 Å². The van der Waals surface area contributed by atoms with Crippen LogP contribution in [0.3, 0.4) is 0 Å². The van der Waals surface area contributed by atoms with Gasteiger partial charge in [0.25, 0.3) is 5.91 Å². The van der Waals surface area contributed by atoms with Gasteiger partial charge in [-0.15, -0.1) is 0 Å². The normalized spacial score (nSPS) is 12.6. The van der Waals surface area contributed by atoms with Crippen LogP contribution in [0.25, 0.3) is 0 Å². The second-order valence-corrected chi connectivity index (χ2v) is 9.23. The Morgan fingerprint density at radius 2 is 1.75 bits per heavy atom. The van der Waals surface area contributed by atoms with Crippen LogP contribution in [0.4, 0.5) is 0 Å². The van der Waals surface area contributed by atoms with Gasteiger partial charge in [0, 0.05) is 30.7 Å². The van der Waals surface area contributed by atoms with Gasteiger partial charge in [-0.3, -0.25) is 14.6 Å². The number of aromatic nitrogens is 1. The van der Waals surface area contributed by atoms with Crippen LogP contribution < -0.4 is 16.0 Å². The summed E-state index contributed by atoms with van der Waals surface area (Å²) >= 11 is 3.24. The van der Waals surface area contributed by atoms with Crippen molar-refractivity contribution < 1.29 is 9.59 Å². The number of pyridine rings is 1. The van der Waals surface area contributed by atoms with Gasteiger partial charge in [0.05, 0.1) is 12.2 Å². The van der Waals surface area contributed by atoms with Crippen LogP contribution in [0.5, 0.6) is 0 Å². The van der Waals surface area contributed by atoms with Crippen molar-refractivity contribution in [2.24, 2.45) is 5.41 Å². The first-order chi connectivity index (χ1) is 12.9. The first kappa shape index (κ1) is 23.8. The largest absolute Gasteiger partial charge is 0.378 e. The van der Waals surface area contributed by atoms with Crippen LogP contribution in [-0.4, -0.2) is 35.1 Å². The van der Waals surface area contributed by atoms with Crippen LogP contribution in [-0.2, 0) is 16.1 Å². The summed E-state index contributed by atoms with van der Waals surface area (Å²) in [5.74, 6) is -0.764. The molecular formula is C20H30BrN5O2. The molecule has 1 heterocycles. The van der Waals surface area contributed by atoms with Crippen molar-refractivity contribution in [1.82, 2.24) is 20.9 Å². The van der Waals surface area contributed by atoms with Crippen molar-refractivity contribution in [3.05, 3.63) is 40.3 Å². The molecule has 0 saturated heterocycles. The number of hydrogen-bond acceptors (Lipinski definition) is 5. The Morgan fingerprint density at radius 1 is 1.14 bits per heavy atom. The number of allylic oxidation sites excluding steroid dienone is 1. The lowest BCUT2D eigenvalue weighted by molar-refractivity contribution is -0.124. The molecule has 0 spiro atoms. The van der Waals surface area contributed by atoms with Crippen LogP contribution in [0.1, 0.15) is 46.6 Å². The standard InChI is InChI=1S/C20H30BrN5O2/c1-19(2,3)13-20(4,5)26-15(10-22)17(21)18(28)25-12-16(27)24-11-14-6-8-23-9-7-14/h6-10,22,26H,11-13H2,1-5H3,(H,24,27)(H,25,28)/b17-15-,22-10?. The molecule has 28 heavy (non-hydrogen) atoms. The molecule has 0 unspecified atom stereocenters. The third-order valence-corrected chi connectivity index (χ3v) is 4.46. The molecule has 0 bridgehead atoms. The highest BCUT2D eigenvalue weighted by Crippen LogP contribution is 2.28. The fourth-order valence-electron chi connectivity index (χ4n) is 3.01. The summed E-state index contributed by atoms with van der Waals surface area (Å²) in [6, 6.07) is 3.61. The number of amides is 2. The SMILES string of the molecule is CC(C)(C)CC(C)(C)N/C(C=N)=C(\Br)C(=O)NCC(=O)NCc1ccncc1. The van der Waals surface area contributed by atoms with E-state index >= 15 is 0 Å². The summed E-state index contributed by atoms with van der Waals surface area (Å²) in [7, 11) is 0. The van der Waals surface area contributed by atoms with E-state index in [0.29, 0.717) is 12.2 Å². The second kappa shape index (κ2) is 10.4. The van der Waals surface area contributed by atoms with Gasteiger partial charge in [0.2, 0.25) is 5.91 Å². The van der Waals surface area contributed by atoms with E-state index in [9.17, 15) is 9.59 Å². The van der Waals surface area contributed by atoms with E-state index in [1.54, 1.807) is 24.5 Å². The minimum Gasteiger partial charge on any atom is -0.378 e. The van der Waals surface area contributed by atoms with Gasteiger partial charge in [-0.05, 0) is 59.3 Å². The molecule has 4 N–H and O–H groups in total. The van der Waals surface area contributed by atoms with E-state index in [-0.39, 0.29) is 27.9 Å². The number of nitrogens with zero attached hydrogens (tertiary/aromatic N) is 1. The summed E-state index contributed by atoms with van der Waals surface area (Å²) in [5.41, 5.74) is 1.06. The number of nitrogens with one attached hydrogen (secondary N) is 4. The van der Waals surface area contributed by atoms with Gasteiger partial charge < -0.3 is 21.4 Å². The molecule has 0 aliphatic heterocycles. The third kappa shape index (κ3) is 9.12. The topological polar surface area (TPSA) is 107 Å². The quantitative estimate of drug-likeness (QED) is 0.341. The summed E-state index contributed by atoms with van der Waals surface area (Å²) in [6.45, 7) is 10.7. The lowest BCUT2D eigenvalue weighted by Crippen LogP contribution is -2.43. The maximum absolute atomic E-state index is 12.3. The summed E-state index contributed by atoms with van der Waals surface area (Å²) in [5, 5.41) is 16.2. The Hall–Kier alpha value is -2.22. The summed E-state index contributed by atoms with van der Waals surface area (Å²) in [4.78, 5) is 28.2. The maximum Gasteiger partial charge on any atom is 0.260 e. The van der Waals surface area contributed by atoms with Crippen LogP contribution in [0.15, 0.2) is 34.7 Å². The monoisotopic (exact) mass is 451 g/mol. The van der Waals surface area contributed by atoms with Gasteiger partial charge in [-0.1, -0.05) is 20.8 Å². The third-order valence-electron chi connectivity index (χ3n) is 3.67. The van der Waals surface area contributed by atoms with Gasteiger partial charge in [0.1, 0.15) is 4.48 Å². The van der Waals surface area contributed by atoms with Crippen molar-refractivity contribution in [2.75, 3.05) is 6.54 Å². The molecule has 0 saturated carbocycles. The van der Waals surface area contributed by atoms with Crippen molar-refractivity contribution in [3.8, 4) is 0 Å². The van der Waals surface area contributed by atoms with E-state index in [4.69, 9.17) is 5.41 Å². The van der Waals surface area contributed by atoms with Crippen LogP contribution >= 0.6 is 15.9 Å². The number of halogens is 1. The zero-order valence-electron chi connectivity index (χ0n) is 17.1. The Kier molecular flexibility index (Phi) is 8.81. The molecule has 0 aromatic carbocycles. The molecule has 8 heteroatoms. The lowest BCUT2D eigenvalue weighted by Gasteiger charge is -2.34. The molecule has 0 aliphatic rings. The highest BCUT2D eigenvalue weighted by Gasteiger charge is 2.27. The minimum absolute atomic E-state index is 0.0886. The second-order valence-electron chi connectivity index (χ2n) is 8.43. The molecule has 154 valence electrons. The summed E-state index contributed by atoms with van der Waals surface area (Å²) in [6.07, 6.45) is 5.24. The highest BCUT2D eigenvalue weighted by molar-refractivity contribution is 9.12. The van der Waals surface area contributed by atoms with Crippen LogP contribution in [0.2, 0.25) is 0 Å². The zero-order chi connectivity index (χ0) is 21.4. The average Bonchev–Trinajstić information content (AvgIpc) is 2.60. The zero-order valence-corrected chi connectivity index (χ0v) is 18.7. The Balaban J connectivity index is 2.62. The van der Waals surface area contributed by atoms with E-state index in [0.717, 1.165) is 18.2 Å². The predicted octanol–water partition coefficient (Wildman–Crippen LogP) is 2.87. The Morgan fingerprint density at radius 3 is 2.29 bits per heavy atom. The fourth-order valence-corrected chi connectivity index (χ4v) is 3.37. The minimum atomic E-state index is -0.461. The Labute approximate surface area is 175 Å². The average molecular weight is 452 g/mol. The molecule has 0 fully saturated rings. The van der Waals surface area contributed by atoms with E-state index < -0.39 is 5.91 Å². The van der Waals surface area contributed by atoms with Crippen molar-refractivity contribution in [3.63, 3.8) is 0 Å². The molecule has 1 aromatic rings. The molecule has 1 rings (SSSR count). The van der Waals surface area contributed by atoms with Crippen molar-refractivity contribution >= 4 is 34.0 Å². The molecule has 7 nitrogen and oxygen atoms in total. The van der Waals surface area contributed by atoms with Gasteiger partial charge >= 0.3 is 0 Å². The lowest BCUT2D eigenvalue weighted by atomic mass is 9.81. The Bertz CT molecular complexity index is 724.